The topological polar surface area (TPSA) is 76.9 Å². The molecule has 0 bridgehead atoms. The number of rotatable bonds is 5. The molecule has 0 amide bonds. The lowest BCUT2D eigenvalue weighted by Gasteiger charge is -2.19. The highest BCUT2D eigenvalue weighted by atomic mass is 16.3. The molecule has 3 aromatic heterocycles. The summed E-state index contributed by atoms with van der Waals surface area (Å²) in [7, 11) is 1.83. The molecule has 3 aromatic rings. The minimum absolute atomic E-state index is 0.681. The monoisotopic (exact) mass is 355 g/mol. The van der Waals surface area contributed by atoms with Crippen LogP contribution < -0.4 is 0 Å². The Kier molecular flexibility index (Phi) is 4.60. The van der Waals surface area contributed by atoms with Gasteiger partial charge in [0.2, 0.25) is 0 Å². The summed E-state index contributed by atoms with van der Waals surface area (Å²) in [6.45, 7) is 6.58. The van der Waals surface area contributed by atoms with Crippen molar-refractivity contribution in [1.29, 1.82) is 0 Å². The quantitative estimate of drug-likeness (QED) is 0.747. The third-order valence-electron chi connectivity index (χ3n) is 5.04. The van der Waals surface area contributed by atoms with Gasteiger partial charge in [-0.25, -0.2) is 4.98 Å². The first kappa shape index (κ1) is 17.0. The lowest BCUT2D eigenvalue weighted by atomic mass is 10.2. The average molecular weight is 355 g/mol. The van der Waals surface area contributed by atoms with E-state index in [2.05, 4.69) is 31.6 Å². The highest BCUT2D eigenvalue weighted by Crippen LogP contribution is 2.23. The number of aliphatic hydroxyl groups excluding tert-OH is 1. The maximum absolute atomic E-state index is 10.7. The van der Waals surface area contributed by atoms with Crippen LogP contribution in [0.15, 0.2) is 30.7 Å². The van der Waals surface area contributed by atoms with Gasteiger partial charge in [0, 0.05) is 51.8 Å². The van der Waals surface area contributed by atoms with Crippen molar-refractivity contribution in [2.24, 2.45) is 7.05 Å². The molecule has 0 saturated heterocycles. The Balaban J connectivity index is 1.53. The van der Waals surface area contributed by atoms with E-state index in [-0.39, 0.29) is 0 Å². The number of aliphatic hydroxyl groups is 1. The number of aryl methyl sites for hydroxylation is 3. The minimum atomic E-state index is -0.755. The second-order valence-corrected chi connectivity index (χ2v) is 6.76. The molecule has 1 N–H and O–H groups in total. The standard InChI is InChI=1S/C18H25N7O/c1-3-24-10-7-19-17(24)13-23-8-4-9-25-14(12-23)11-15(21-25)18(26)16-5-6-20-22(16)2/h5-7,10-11,18,26H,3-4,8-9,12-13H2,1-2H3/t18-/m1/s1. The normalized spacial score (nSPS) is 16.4. The van der Waals surface area contributed by atoms with E-state index >= 15 is 0 Å². The molecule has 4 rings (SSSR count). The van der Waals surface area contributed by atoms with Crippen LogP contribution in [-0.4, -0.2) is 45.7 Å². The zero-order valence-electron chi connectivity index (χ0n) is 15.3. The molecule has 4 heterocycles. The maximum Gasteiger partial charge on any atom is 0.139 e. The number of fused-ring (bicyclic) bond motifs is 1. The lowest BCUT2D eigenvalue weighted by molar-refractivity contribution is 0.203. The Morgan fingerprint density at radius 2 is 2.15 bits per heavy atom. The van der Waals surface area contributed by atoms with E-state index in [4.69, 9.17) is 0 Å². The zero-order valence-corrected chi connectivity index (χ0v) is 15.3. The van der Waals surface area contributed by atoms with Crippen molar-refractivity contribution in [1.82, 2.24) is 34.0 Å². The zero-order chi connectivity index (χ0) is 18.1. The van der Waals surface area contributed by atoms with Gasteiger partial charge in [0.15, 0.2) is 0 Å². The van der Waals surface area contributed by atoms with E-state index in [1.165, 1.54) is 0 Å². The van der Waals surface area contributed by atoms with Crippen LogP contribution in [0.25, 0.3) is 0 Å². The summed E-state index contributed by atoms with van der Waals surface area (Å²) in [4.78, 5) is 6.89. The predicted octanol–water partition coefficient (Wildman–Crippen LogP) is 1.32. The summed E-state index contributed by atoms with van der Waals surface area (Å²) >= 11 is 0. The van der Waals surface area contributed by atoms with Crippen LogP contribution >= 0.6 is 0 Å². The SMILES string of the molecule is CCn1ccnc1CN1CCCn2nc([C@@H](O)c3ccnn3C)cc2C1. The Morgan fingerprint density at radius 3 is 2.92 bits per heavy atom. The molecule has 0 radical (unpaired) electrons. The Morgan fingerprint density at radius 1 is 1.27 bits per heavy atom. The van der Waals surface area contributed by atoms with Gasteiger partial charge in [-0.2, -0.15) is 10.2 Å². The molecule has 0 aliphatic carbocycles. The molecule has 0 unspecified atom stereocenters. The van der Waals surface area contributed by atoms with Crippen LogP contribution in [-0.2, 0) is 33.2 Å². The third kappa shape index (κ3) is 3.17. The molecule has 1 aliphatic rings. The van der Waals surface area contributed by atoms with E-state index in [1.54, 1.807) is 10.9 Å². The third-order valence-corrected chi connectivity index (χ3v) is 5.04. The fourth-order valence-electron chi connectivity index (χ4n) is 3.60. The van der Waals surface area contributed by atoms with Gasteiger partial charge < -0.3 is 9.67 Å². The molecule has 0 aromatic carbocycles. The summed E-state index contributed by atoms with van der Waals surface area (Å²) in [5.41, 5.74) is 2.56. The van der Waals surface area contributed by atoms with Gasteiger partial charge >= 0.3 is 0 Å². The maximum atomic E-state index is 10.7. The minimum Gasteiger partial charge on any atom is -0.380 e. The Bertz CT molecular complexity index is 878. The van der Waals surface area contributed by atoms with Gasteiger partial charge in [-0.05, 0) is 25.5 Å². The summed E-state index contributed by atoms with van der Waals surface area (Å²) < 4.78 is 5.90. The molecule has 8 nitrogen and oxygen atoms in total. The van der Waals surface area contributed by atoms with Crippen molar-refractivity contribution in [3.63, 3.8) is 0 Å². The van der Waals surface area contributed by atoms with Gasteiger partial charge in [-0.1, -0.05) is 0 Å². The van der Waals surface area contributed by atoms with E-state index < -0.39 is 6.10 Å². The molecule has 8 heteroatoms. The Labute approximate surface area is 152 Å². The van der Waals surface area contributed by atoms with Crippen molar-refractivity contribution in [2.45, 2.75) is 45.6 Å². The van der Waals surface area contributed by atoms with Crippen LogP contribution in [0.5, 0.6) is 0 Å². The second kappa shape index (κ2) is 7.05. The molecular formula is C18H25N7O. The van der Waals surface area contributed by atoms with Gasteiger partial charge in [-0.3, -0.25) is 14.3 Å². The molecule has 26 heavy (non-hydrogen) atoms. The molecule has 1 aliphatic heterocycles. The first-order valence-electron chi connectivity index (χ1n) is 9.10. The van der Waals surface area contributed by atoms with Gasteiger partial charge in [-0.15, -0.1) is 0 Å². The van der Waals surface area contributed by atoms with Crippen LogP contribution in [0.4, 0.5) is 0 Å². The van der Waals surface area contributed by atoms with E-state index in [0.29, 0.717) is 5.69 Å². The first-order chi connectivity index (χ1) is 12.7. The second-order valence-electron chi connectivity index (χ2n) is 6.76. The summed E-state index contributed by atoms with van der Waals surface area (Å²) in [6.07, 6.45) is 5.86. The fraction of sp³-hybridized carbons (Fsp3) is 0.500. The number of hydrogen-bond donors (Lipinski definition) is 1. The van der Waals surface area contributed by atoms with Crippen LogP contribution in [0.3, 0.4) is 0 Å². The van der Waals surface area contributed by atoms with Gasteiger partial charge in [0.1, 0.15) is 11.9 Å². The number of imidazole rings is 1. The van der Waals surface area contributed by atoms with E-state index in [1.807, 2.05) is 36.3 Å². The Hall–Kier alpha value is -2.45. The van der Waals surface area contributed by atoms with E-state index in [0.717, 1.165) is 56.4 Å². The summed E-state index contributed by atoms with van der Waals surface area (Å²) in [6, 6.07) is 3.84. The van der Waals surface area contributed by atoms with Crippen molar-refractivity contribution in [2.75, 3.05) is 6.54 Å². The number of hydrogen-bond acceptors (Lipinski definition) is 5. The summed E-state index contributed by atoms with van der Waals surface area (Å²) in [5, 5.41) is 19.4. The molecule has 138 valence electrons. The average Bonchev–Trinajstić information content (AvgIpc) is 3.33. The van der Waals surface area contributed by atoms with Crippen LogP contribution in [0, 0.1) is 0 Å². The predicted molar refractivity (Wildman–Crippen MR) is 96.1 cm³/mol. The molecule has 1 atom stereocenters. The number of nitrogens with zero attached hydrogens (tertiary/aromatic N) is 7. The molecular weight excluding hydrogens is 330 g/mol. The van der Waals surface area contributed by atoms with Crippen molar-refractivity contribution in [3.8, 4) is 0 Å². The van der Waals surface area contributed by atoms with E-state index in [9.17, 15) is 5.11 Å². The molecule has 0 spiro atoms. The van der Waals surface area contributed by atoms with Crippen LogP contribution in [0.2, 0.25) is 0 Å². The fourth-order valence-corrected chi connectivity index (χ4v) is 3.60. The van der Waals surface area contributed by atoms with Crippen LogP contribution in [0.1, 0.15) is 42.4 Å². The summed E-state index contributed by atoms with van der Waals surface area (Å²) in [5.74, 6) is 1.09. The van der Waals surface area contributed by atoms with Gasteiger partial charge in [0.25, 0.3) is 0 Å². The van der Waals surface area contributed by atoms with Crippen molar-refractivity contribution >= 4 is 0 Å². The smallest absolute Gasteiger partial charge is 0.139 e. The highest BCUT2D eigenvalue weighted by Gasteiger charge is 2.22. The lowest BCUT2D eigenvalue weighted by Crippen LogP contribution is -2.24. The van der Waals surface area contributed by atoms with Gasteiger partial charge in [0.05, 0.1) is 23.6 Å². The highest BCUT2D eigenvalue weighted by molar-refractivity contribution is 5.21. The molecule has 0 fully saturated rings. The molecule has 0 saturated carbocycles. The van der Waals surface area contributed by atoms with Crippen molar-refractivity contribution < 1.29 is 5.11 Å². The number of aromatic nitrogens is 6. The van der Waals surface area contributed by atoms with Crippen molar-refractivity contribution in [3.05, 3.63) is 53.6 Å². The first-order valence-corrected chi connectivity index (χ1v) is 9.10. The largest absolute Gasteiger partial charge is 0.380 e.